The van der Waals surface area contributed by atoms with Crippen LogP contribution in [0.3, 0.4) is 0 Å². The molecule has 0 radical (unpaired) electrons. The van der Waals surface area contributed by atoms with Crippen molar-refractivity contribution in [2.24, 2.45) is 5.92 Å². The second-order valence-corrected chi connectivity index (χ2v) is 10.9. The molecule has 1 amide bonds. The van der Waals surface area contributed by atoms with Gasteiger partial charge in [0.15, 0.2) is 11.5 Å². The Hall–Kier alpha value is -3.61. The average Bonchev–Trinajstić information content (AvgIpc) is 3.48. The van der Waals surface area contributed by atoms with Crippen LogP contribution in [0.25, 0.3) is 4.85 Å². The maximum absolute atomic E-state index is 13.0. The summed E-state index contributed by atoms with van der Waals surface area (Å²) in [5.41, 5.74) is 1.52. The molecule has 2 fully saturated rings. The Morgan fingerprint density at radius 3 is 2.39 bits per heavy atom. The molecule has 196 valence electrons. The molecule has 0 atom stereocenters. The van der Waals surface area contributed by atoms with Gasteiger partial charge in [0.1, 0.15) is 22.6 Å². The summed E-state index contributed by atoms with van der Waals surface area (Å²) < 4.78 is 6.02. The molecule has 2 saturated heterocycles. The SMILES string of the molecule is [C-]#[N+]c1ccc(OC2CCN(C(=O)c3ccc(C(=O)CC4CCN(Cc5nccs5)CC4)cn3)CC2)cc1. The molecule has 2 aromatic heterocycles. The molecule has 0 saturated carbocycles. The van der Waals surface area contributed by atoms with Crippen molar-refractivity contribution in [3.05, 3.63) is 81.9 Å². The Morgan fingerprint density at radius 2 is 1.76 bits per heavy atom. The minimum absolute atomic E-state index is 0.0324. The van der Waals surface area contributed by atoms with Gasteiger partial charge in [0.2, 0.25) is 0 Å². The highest BCUT2D eigenvalue weighted by Crippen LogP contribution is 2.25. The minimum Gasteiger partial charge on any atom is -0.490 e. The Balaban J connectivity index is 1.06. The number of likely N-dealkylation sites (tertiary alicyclic amines) is 2. The summed E-state index contributed by atoms with van der Waals surface area (Å²) in [5.74, 6) is 1.10. The van der Waals surface area contributed by atoms with E-state index in [0.717, 1.165) is 56.1 Å². The monoisotopic (exact) mass is 529 g/mol. The van der Waals surface area contributed by atoms with Gasteiger partial charge >= 0.3 is 0 Å². The van der Waals surface area contributed by atoms with E-state index in [1.165, 1.54) is 0 Å². The molecule has 8 nitrogen and oxygen atoms in total. The number of carbonyl (C=O) groups excluding carboxylic acids is 2. The molecule has 0 bridgehead atoms. The van der Waals surface area contributed by atoms with Gasteiger partial charge in [-0.3, -0.25) is 19.5 Å². The van der Waals surface area contributed by atoms with Gasteiger partial charge in [-0.05, 0) is 56.1 Å². The highest BCUT2D eigenvalue weighted by molar-refractivity contribution is 7.09. The fourth-order valence-corrected chi connectivity index (χ4v) is 5.72. The maximum Gasteiger partial charge on any atom is 0.272 e. The van der Waals surface area contributed by atoms with Gasteiger partial charge in [-0.25, -0.2) is 9.83 Å². The van der Waals surface area contributed by atoms with Crippen molar-refractivity contribution in [2.75, 3.05) is 26.2 Å². The van der Waals surface area contributed by atoms with Gasteiger partial charge in [0, 0.05) is 55.7 Å². The molecule has 5 rings (SSSR count). The Labute approximate surface area is 227 Å². The molecule has 0 N–H and O–H groups in total. The summed E-state index contributed by atoms with van der Waals surface area (Å²) in [6.07, 6.45) is 7.43. The number of thiazole rings is 1. The number of hydrogen-bond acceptors (Lipinski definition) is 7. The van der Waals surface area contributed by atoms with Crippen LogP contribution < -0.4 is 4.74 Å². The van der Waals surface area contributed by atoms with E-state index in [0.29, 0.717) is 42.4 Å². The number of carbonyl (C=O) groups is 2. The summed E-state index contributed by atoms with van der Waals surface area (Å²) in [6, 6.07) is 10.5. The van der Waals surface area contributed by atoms with Crippen LogP contribution >= 0.6 is 11.3 Å². The Kier molecular flexibility index (Phi) is 8.41. The van der Waals surface area contributed by atoms with Gasteiger partial charge < -0.3 is 9.64 Å². The third-order valence-corrected chi connectivity index (χ3v) is 8.09. The highest BCUT2D eigenvalue weighted by atomic mass is 32.1. The first-order chi connectivity index (χ1) is 18.6. The van der Waals surface area contributed by atoms with Crippen molar-refractivity contribution >= 4 is 28.7 Å². The Bertz CT molecular complexity index is 1260. The molecule has 0 aliphatic carbocycles. The van der Waals surface area contributed by atoms with E-state index in [2.05, 4.69) is 19.7 Å². The largest absolute Gasteiger partial charge is 0.490 e. The van der Waals surface area contributed by atoms with Crippen molar-refractivity contribution in [2.45, 2.75) is 44.8 Å². The van der Waals surface area contributed by atoms with Crippen LogP contribution in [0.1, 0.15) is 58.0 Å². The number of amides is 1. The average molecular weight is 530 g/mol. The number of hydrogen-bond donors (Lipinski definition) is 0. The smallest absolute Gasteiger partial charge is 0.272 e. The second kappa shape index (κ2) is 12.3. The standard InChI is InChI=1S/C29H31N5O3S/c1-30-23-3-5-24(6-4-23)37-25-10-15-34(16-11-25)29(36)26-7-2-22(19-32-26)27(35)18-21-8-13-33(14-9-21)20-28-31-12-17-38-28/h2-7,12,17,19,21,25H,8-11,13-16,18,20H2. The molecule has 0 unspecified atom stereocenters. The molecule has 38 heavy (non-hydrogen) atoms. The molecule has 3 aromatic rings. The number of nitrogens with zero attached hydrogens (tertiary/aromatic N) is 5. The third-order valence-electron chi connectivity index (χ3n) is 7.33. The van der Waals surface area contributed by atoms with Crippen LogP contribution in [-0.4, -0.2) is 63.7 Å². The number of pyridine rings is 1. The van der Waals surface area contributed by atoms with E-state index >= 15 is 0 Å². The number of rotatable bonds is 8. The zero-order chi connectivity index (χ0) is 26.3. The fourth-order valence-electron chi connectivity index (χ4n) is 5.07. The van der Waals surface area contributed by atoms with Crippen LogP contribution in [0.2, 0.25) is 0 Å². The van der Waals surface area contributed by atoms with E-state index in [9.17, 15) is 9.59 Å². The minimum atomic E-state index is -0.114. The third kappa shape index (κ3) is 6.63. The predicted octanol–water partition coefficient (Wildman–Crippen LogP) is 5.26. The second-order valence-electron chi connectivity index (χ2n) is 9.92. The van der Waals surface area contributed by atoms with Crippen LogP contribution in [-0.2, 0) is 6.54 Å². The Morgan fingerprint density at radius 1 is 1.00 bits per heavy atom. The maximum atomic E-state index is 13.0. The normalized spacial score (nSPS) is 17.2. The summed E-state index contributed by atoms with van der Waals surface area (Å²) >= 11 is 1.68. The lowest BCUT2D eigenvalue weighted by Gasteiger charge is -2.32. The number of aromatic nitrogens is 2. The number of piperidine rings is 2. The molecule has 0 spiro atoms. The van der Waals surface area contributed by atoms with E-state index in [-0.39, 0.29) is 17.8 Å². The van der Waals surface area contributed by atoms with Crippen molar-refractivity contribution < 1.29 is 14.3 Å². The van der Waals surface area contributed by atoms with Gasteiger partial charge in [0.25, 0.3) is 5.91 Å². The summed E-state index contributed by atoms with van der Waals surface area (Å²) in [4.78, 5) is 42.2. The molecule has 9 heteroatoms. The predicted molar refractivity (Wildman–Crippen MR) is 146 cm³/mol. The van der Waals surface area contributed by atoms with Crippen molar-refractivity contribution in [3.63, 3.8) is 0 Å². The quantitative estimate of drug-likeness (QED) is 0.293. The first-order valence-corrected chi connectivity index (χ1v) is 14.0. The molecule has 4 heterocycles. The van der Waals surface area contributed by atoms with Crippen molar-refractivity contribution in [1.29, 1.82) is 0 Å². The van der Waals surface area contributed by atoms with Crippen LogP contribution in [0.15, 0.2) is 54.2 Å². The number of ketones is 1. The van der Waals surface area contributed by atoms with Gasteiger partial charge in [-0.1, -0.05) is 12.1 Å². The molecule has 2 aliphatic heterocycles. The molecule has 1 aromatic carbocycles. The number of ether oxygens (including phenoxy) is 1. The fraction of sp³-hybridized carbons (Fsp3) is 0.414. The van der Waals surface area contributed by atoms with E-state index in [4.69, 9.17) is 11.3 Å². The lowest BCUT2D eigenvalue weighted by Crippen LogP contribution is -2.42. The molecular weight excluding hydrogens is 498 g/mol. The number of Topliss-reactive ketones (excluding diaryl/α,β-unsaturated/α-hetero) is 1. The van der Waals surface area contributed by atoms with Crippen LogP contribution in [0.5, 0.6) is 5.75 Å². The number of benzene rings is 1. The summed E-state index contributed by atoms with van der Waals surface area (Å²) in [5, 5.41) is 3.15. The topological polar surface area (TPSA) is 80.0 Å². The van der Waals surface area contributed by atoms with E-state index < -0.39 is 0 Å². The highest BCUT2D eigenvalue weighted by Gasteiger charge is 2.26. The summed E-state index contributed by atoms with van der Waals surface area (Å²) in [6.45, 7) is 11.1. The zero-order valence-corrected chi connectivity index (χ0v) is 22.1. The van der Waals surface area contributed by atoms with Crippen LogP contribution in [0.4, 0.5) is 5.69 Å². The molecular formula is C29H31N5O3S. The van der Waals surface area contributed by atoms with Gasteiger partial charge in [-0.15, -0.1) is 11.3 Å². The summed E-state index contributed by atoms with van der Waals surface area (Å²) in [7, 11) is 0. The van der Waals surface area contributed by atoms with Crippen LogP contribution in [0, 0.1) is 12.5 Å². The lowest BCUT2D eigenvalue weighted by molar-refractivity contribution is 0.0589. The molecule has 2 aliphatic rings. The van der Waals surface area contributed by atoms with Gasteiger partial charge in [-0.2, -0.15) is 0 Å². The van der Waals surface area contributed by atoms with E-state index in [1.54, 1.807) is 46.7 Å². The first kappa shape index (κ1) is 26.0. The zero-order valence-electron chi connectivity index (χ0n) is 21.3. The van der Waals surface area contributed by atoms with Crippen molar-refractivity contribution in [1.82, 2.24) is 19.8 Å². The first-order valence-electron chi connectivity index (χ1n) is 13.1. The van der Waals surface area contributed by atoms with Gasteiger partial charge in [0.05, 0.1) is 13.1 Å². The lowest BCUT2D eigenvalue weighted by atomic mass is 9.90. The van der Waals surface area contributed by atoms with Crippen molar-refractivity contribution in [3.8, 4) is 5.75 Å². The van der Waals surface area contributed by atoms with E-state index in [1.807, 2.05) is 23.7 Å².